The second-order valence-electron chi connectivity index (χ2n) is 4.78. The summed E-state index contributed by atoms with van der Waals surface area (Å²) < 4.78 is 16.1. The maximum absolute atomic E-state index is 11.4. The van der Waals surface area contributed by atoms with Gasteiger partial charge < -0.3 is 19.5 Å². The molecule has 2 unspecified atom stereocenters. The molecule has 118 valence electrons. The van der Waals surface area contributed by atoms with Crippen molar-refractivity contribution in [3.8, 4) is 11.5 Å². The molecule has 1 aliphatic rings. The summed E-state index contributed by atoms with van der Waals surface area (Å²) in [6.07, 6.45) is 1.60. The minimum Gasteiger partial charge on any atom is -0.494 e. The third-order valence-corrected chi connectivity index (χ3v) is 3.18. The standard InChI is InChI=1S/C15H21NO4.ClH/c1-3-8-19-11-4-6-12(7-5-11)20-13-9-14(16-10-13)15(17)18-2;/h4-7,13-14,16H,3,8-10H2,1-2H3;1H. The number of hydrogen-bond donors (Lipinski definition) is 1. The number of carbonyl (C=O) groups is 1. The molecule has 1 heterocycles. The van der Waals surface area contributed by atoms with Crippen LogP contribution in [0.4, 0.5) is 0 Å². The van der Waals surface area contributed by atoms with Crippen molar-refractivity contribution in [3.63, 3.8) is 0 Å². The molecule has 1 fully saturated rings. The number of nitrogens with one attached hydrogen (secondary N) is 1. The Morgan fingerprint density at radius 1 is 1.29 bits per heavy atom. The van der Waals surface area contributed by atoms with Gasteiger partial charge >= 0.3 is 5.97 Å². The number of esters is 1. The number of ether oxygens (including phenoxy) is 3. The lowest BCUT2D eigenvalue weighted by molar-refractivity contribution is -0.142. The third-order valence-electron chi connectivity index (χ3n) is 3.18. The van der Waals surface area contributed by atoms with Crippen LogP contribution in [-0.2, 0) is 9.53 Å². The van der Waals surface area contributed by atoms with Crippen LogP contribution in [0.15, 0.2) is 24.3 Å². The summed E-state index contributed by atoms with van der Waals surface area (Å²) in [5, 5.41) is 3.09. The Morgan fingerprint density at radius 2 is 1.95 bits per heavy atom. The highest BCUT2D eigenvalue weighted by atomic mass is 35.5. The molecule has 0 saturated carbocycles. The van der Waals surface area contributed by atoms with Gasteiger partial charge in [0.2, 0.25) is 0 Å². The van der Waals surface area contributed by atoms with Crippen molar-refractivity contribution >= 4 is 18.4 Å². The molecular weight excluding hydrogens is 294 g/mol. The van der Waals surface area contributed by atoms with E-state index in [0.717, 1.165) is 17.9 Å². The molecule has 0 radical (unpaired) electrons. The van der Waals surface area contributed by atoms with Crippen molar-refractivity contribution in [2.45, 2.75) is 31.9 Å². The van der Waals surface area contributed by atoms with Gasteiger partial charge in [-0.1, -0.05) is 6.92 Å². The van der Waals surface area contributed by atoms with Crippen LogP contribution in [0.2, 0.25) is 0 Å². The average Bonchev–Trinajstić information content (AvgIpc) is 2.94. The lowest BCUT2D eigenvalue weighted by atomic mass is 10.2. The van der Waals surface area contributed by atoms with Crippen molar-refractivity contribution in [1.82, 2.24) is 5.32 Å². The van der Waals surface area contributed by atoms with Gasteiger partial charge in [-0.15, -0.1) is 12.4 Å². The number of rotatable bonds is 6. The van der Waals surface area contributed by atoms with Crippen molar-refractivity contribution in [1.29, 1.82) is 0 Å². The molecule has 1 saturated heterocycles. The van der Waals surface area contributed by atoms with E-state index in [1.807, 2.05) is 24.3 Å². The van der Waals surface area contributed by atoms with Crippen LogP contribution in [0, 0.1) is 0 Å². The van der Waals surface area contributed by atoms with Crippen molar-refractivity contribution in [3.05, 3.63) is 24.3 Å². The van der Waals surface area contributed by atoms with E-state index in [1.54, 1.807) is 0 Å². The van der Waals surface area contributed by atoms with Gasteiger partial charge in [0, 0.05) is 13.0 Å². The molecule has 6 heteroatoms. The Morgan fingerprint density at radius 3 is 2.57 bits per heavy atom. The van der Waals surface area contributed by atoms with Crippen molar-refractivity contribution in [2.75, 3.05) is 20.3 Å². The Kier molecular flexibility index (Phi) is 7.32. The van der Waals surface area contributed by atoms with E-state index in [2.05, 4.69) is 12.2 Å². The number of benzene rings is 1. The molecular formula is C15H22ClNO4. The molecule has 5 nitrogen and oxygen atoms in total. The summed E-state index contributed by atoms with van der Waals surface area (Å²) in [6.45, 7) is 3.43. The van der Waals surface area contributed by atoms with E-state index in [4.69, 9.17) is 14.2 Å². The molecule has 0 amide bonds. The molecule has 1 aromatic rings. The van der Waals surface area contributed by atoms with Gasteiger partial charge in [-0.25, -0.2) is 0 Å². The second kappa shape index (κ2) is 8.74. The second-order valence-corrected chi connectivity index (χ2v) is 4.78. The molecule has 1 aliphatic heterocycles. The van der Waals surface area contributed by atoms with Gasteiger partial charge in [-0.3, -0.25) is 4.79 Å². The molecule has 0 spiro atoms. The first-order valence-electron chi connectivity index (χ1n) is 6.93. The Hall–Kier alpha value is -1.46. The molecule has 0 aliphatic carbocycles. The van der Waals surface area contributed by atoms with Gasteiger partial charge in [0.15, 0.2) is 0 Å². The molecule has 1 aromatic carbocycles. The lowest BCUT2D eigenvalue weighted by Crippen LogP contribution is -2.31. The first-order chi connectivity index (χ1) is 9.72. The summed E-state index contributed by atoms with van der Waals surface area (Å²) in [4.78, 5) is 11.4. The first-order valence-corrected chi connectivity index (χ1v) is 6.93. The smallest absolute Gasteiger partial charge is 0.323 e. The molecule has 0 aromatic heterocycles. The fourth-order valence-corrected chi connectivity index (χ4v) is 2.14. The number of halogens is 1. The van der Waals surface area contributed by atoms with Gasteiger partial charge in [0.25, 0.3) is 0 Å². The fourth-order valence-electron chi connectivity index (χ4n) is 2.14. The third kappa shape index (κ3) is 5.10. The lowest BCUT2D eigenvalue weighted by Gasteiger charge is -2.13. The highest BCUT2D eigenvalue weighted by Gasteiger charge is 2.31. The zero-order valence-corrected chi connectivity index (χ0v) is 13.2. The zero-order chi connectivity index (χ0) is 14.4. The highest BCUT2D eigenvalue weighted by Crippen LogP contribution is 2.21. The van der Waals surface area contributed by atoms with E-state index < -0.39 is 0 Å². The fraction of sp³-hybridized carbons (Fsp3) is 0.533. The molecule has 1 N–H and O–H groups in total. The Balaban J connectivity index is 0.00000220. The number of hydrogen-bond acceptors (Lipinski definition) is 5. The van der Waals surface area contributed by atoms with Crippen LogP contribution in [0.5, 0.6) is 11.5 Å². The van der Waals surface area contributed by atoms with Crippen LogP contribution >= 0.6 is 12.4 Å². The van der Waals surface area contributed by atoms with Gasteiger partial charge in [0.1, 0.15) is 23.6 Å². The van der Waals surface area contributed by atoms with E-state index in [-0.39, 0.29) is 30.5 Å². The van der Waals surface area contributed by atoms with E-state index in [0.29, 0.717) is 19.6 Å². The van der Waals surface area contributed by atoms with Crippen molar-refractivity contribution < 1.29 is 19.0 Å². The number of methoxy groups -OCH3 is 1. The minimum atomic E-state index is -0.267. The van der Waals surface area contributed by atoms with E-state index in [9.17, 15) is 4.79 Å². The first kappa shape index (κ1) is 17.6. The van der Waals surface area contributed by atoms with E-state index in [1.165, 1.54) is 7.11 Å². The predicted octanol–water partition coefficient (Wildman–Crippen LogP) is 2.18. The molecule has 2 rings (SSSR count). The Labute approximate surface area is 131 Å². The van der Waals surface area contributed by atoms with Gasteiger partial charge in [-0.2, -0.15) is 0 Å². The van der Waals surface area contributed by atoms with Gasteiger partial charge in [0.05, 0.1) is 13.7 Å². The van der Waals surface area contributed by atoms with Crippen LogP contribution in [-0.4, -0.2) is 38.4 Å². The SMILES string of the molecule is CCCOc1ccc(OC2CNC(C(=O)OC)C2)cc1.Cl. The summed E-state index contributed by atoms with van der Waals surface area (Å²) >= 11 is 0. The number of carbonyl (C=O) groups excluding carboxylic acids is 1. The molecule has 2 atom stereocenters. The van der Waals surface area contributed by atoms with Crippen LogP contribution in [0.25, 0.3) is 0 Å². The molecule has 21 heavy (non-hydrogen) atoms. The highest BCUT2D eigenvalue weighted by molar-refractivity contribution is 5.85. The quantitative estimate of drug-likeness (QED) is 0.815. The maximum Gasteiger partial charge on any atom is 0.323 e. The van der Waals surface area contributed by atoms with Crippen molar-refractivity contribution in [2.24, 2.45) is 0 Å². The topological polar surface area (TPSA) is 56.8 Å². The van der Waals surface area contributed by atoms with Crippen LogP contribution in [0.1, 0.15) is 19.8 Å². The molecule has 0 bridgehead atoms. The predicted molar refractivity (Wildman–Crippen MR) is 82.3 cm³/mol. The van der Waals surface area contributed by atoms with Crippen LogP contribution in [0.3, 0.4) is 0 Å². The summed E-state index contributed by atoms with van der Waals surface area (Å²) in [5.74, 6) is 1.39. The monoisotopic (exact) mass is 315 g/mol. The average molecular weight is 316 g/mol. The summed E-state index contributed by atoms with van der Waals surface area (Å²) in [5.41, 5.74) is 0. The normalized spacial score (nSPS) is 20.5. The summed E-state index contributed by atoms with van der Waals surface area (Å²) in [7, 11) is 1.40. The van der Waals surface area contributed by atoms with Gasteiger partial charge in [-0.05, 0) is 30.7 Å². The van der Waals surface area contributed by atoms with Crippen LogP contribution < -0.4 is 14.8 Å². The van der Waals surface area contributed by atoms with E-state index >= 15 is 0 Å². The minimum absolute atomic E-state index is 0. The Bertz CT molecular complexity index is 438. The maximum atomic E-state index is 11.4. The largest absolute Gasteiger partial charge is 0.494 e. The zero-order valence-electron chi connectivity index (χ0n) is 12.3. The summed E-state index contributed by atoms with van der Waals surface area (Å²) in [6, 6.07) is 7.29.